The van der Waals surface area contributed by atoms with E-state index in [0.717, 1.165) is 37.9 Å². The second-order valence-electron chi connectivity index (χ2n) is 7.64. The summed E-state index contributed by atoms with van der Waals surface area (Å²) in [4.78, 5) is 9.65. The lowest BCUT2D eigenvalue weighted by molar-refractivity contribution is 0.140. The molecule has 0 aromatic rings. The molecule has 0 bridgehead atoms. The van der Waals surface area contributed by atoms with E-state index in [1.54, 1.807) is 0 Å². The van der Waals surface area contributed by atoms with Gasteiger partial charge in [0.2, 0.25) is 0 Å². The number of hydrogen-bond donors (Lipinski definition) is 2. The van der Waals surface area contributed by atoms with Crippen molar-refractivity contribution >= 4 is 5.96 Å². The van der Waals surface area contributed by atoms with Crippen molar-refractivity contribution in [2.24, 2.45) is 22.6 Å². The van der Waals surface area contributed by atoms with Crippen LogP contribution in [-0.4, -0.2) is 67.6 Å². The summed E-state index contributed by atoms with van der Waals surface area (Å²) in [6.45, 7) is 14.8. The standard InChI is InChI=1S/C18H37N5/c1-4-23-10-5-7-17(23)12-21-18(19)20-8-6-9-22-13-15(2)11-16(3)14-22/h15-17H,4-14H2,1-3H3,(H3,19,20,21). The minimum absolute atomic E-state index is 0.594. The first kappa shape index (κ1) is 18.5. The number of likely N-dealkylation sites (N-methyl/N-ethyl adjacent to an activating group) is 1. The second kappa shape index (κ2) is 9.48. The molecule has 2 fully saturated rings. The smallest absolute Gasteiger partial charge is 0.188 e. The maximum atomic E-state index is 6.01. The Kier molecular flexibility index (Phi) is 7.63. The Morgan fingerprint density at radius 1 is 1.26 bits per heavy atom. The van der Waals surface area contributed by atoms with Crippen molar-refractivity contribution in [3.05, 3.63) is 0 Å². The van der Waals surface area contributed by atoms with Gasteiger partial charge in [-0.3, -0.25) is 9.89 Å². The van der Waals surface area contributed by atoms with Gasteiger partial charge in [-0.1, -0.05) is 20.8 Å². The van der Waals surface area contributed by atoms with Crippen LogP contribution in [0, 0.1) is 11.8 Å². The van der Waals surface area contributed by atoms with E-state index >= 15 is 0 Å². The van der Waals surface area contributed by atoms with E-state index in [0.29, 0.717) is 12.0 Å². The van der Waals surface area contributed by atoms with Gasteiger partial charge in [-0.25, -0.2) is 0 Å². The van der Waals surface area contributed by atoms with E-state index in [2.05, 4.69) is 40.9 Å². The summed E-state index contributed by atoms with van der Waals surface area (Å²) in [7, 11) is 0. The molecule has 5 heteroatoms. The van der Waals surface area contributed by atoms with Crippen LogP contribution in [-0.2, 0) is 0 Å². The summed E-state index contributed by atoms with van der Waals surface area (Å²) in [6.07, 6.45) is 5.08. The van der Waals surface area contributed by atoms with Gasteiger partial charge >= 0.3 is 0 Å². The van der Waals surface area contributed by atoms with Gasteiger partial charge in [-0.05, 0) is 57.2 Å². The van der Waals surface area contributed by atoms with E-state index in [1.165, 1.54) is 45.4 Å². The molecule has 0 radical (unpaired) electrons. The zero-order valence-corrected chi connectivity index (χ0v) is 15.4. The van der Waals surface area contributed by atoms with Crippen molar-refractivity contribution in [3.8, 4) is 0 Å². The molecular weight excluding hydrogens is 286 g/mol. The Bertz CT molecular complexity index is 360. The third-order valence-electron chi connectivity index (χ3n) is 5.28. The van der Waals surface area contributed by atoms with Gasteiger partial charge < -0.3 is 16.0 Å². The molecular formula is C18H37N5. The number of nitrogens with two attached hydrogens (primary N) is 1. The zero-order chi connectivity index (χ0) is 16.7. The molecule has 0 aliphatic carbocycles. The number of likely N-dealkylation sites (tertiary alicyclic amines) is 2. The number of piperidine rings is 1. The highest BCUT2D eigenvalue weighted by molar-refractivity contribution is 5.77. The van der Waals surface area contributed by atoms with Gasteiger partial charge in [0.15, 0.2) is 5.96 Å². The van der Waals surface area contributed by atoms with Crippen molar-refractivity contribution in [2.45, 2.75) is 52.5 Å². The molecule has 0 aromatic carbocycles. The molecule has 2 aliphatic rings. The fourth-order valence-corrected chi connectivity index (χ4v) is 4.27. The molecule has 5 nitrogen and oxygen atoms in total. The number of rotatable bonds is 7. The second-order valence-corrected chi connectivity index (χ2v) is 7.64. The van der Waals surface area contributed by atoms with Crippen molar-refractivity contribution < 1.29 is 0 Å². The Morgan fingerprint density at radius 3 is 2.70 bits per heavy atom. The van der Waals surface area contributed by atoms with Crippen LogP contribution in [0.5, 0.6) is 0 Å². The molecule has 3 atom stereocenters. The highest BCUT2D eigenvalue weighted by Crippen LogP contribution is 2.20. The van der Waals surface area contributed by atoms with E-state index in [4.69, 9.17) is 5.73 Å². The van der Waals surface area contributed by atoms with Crippen LogP contribution in [0.4, 0.5) is 0 Å². The van der Waals surface area contributed by atoms with Crippen LogP contribution in [0.1, 0.15) is 46.5 Å². The van der Waals surface area contributed by atoms with Crippen LogP contribution in [0.25, 0.3) is 0 Å². The first-order valence-corrected chi connectivity index (χ1v) is 9.58. The van der Waals surface area contributed by atoms with Gasteiger partial charge in [0.1, 0.15) is 0 Å². The monoisotopic (exact) mass is 323 g/mol. The summed E-state index contributed by atoms with van der Waals surface area (Å²) in [5, 5.41) is 3.28. The third-order valence-corrected chi connectivity index (χ3v) is 5.28. The predicted octanol–water partition coefficient (Wildman–Crippen LogP) is 1.74. The number of hydrogen-bond acceptors (Lipinski definition) is 3. The van der Waals surface area contributed by atoms with Crippen molar-refractivity contribution in [1.82, 2.24) is 15.1 Å². The fourth-order valence-electron chi connectivity index (χ4n) is 4.27. The first-order chi connectivity index (χ1) is 11.1. The van der Waals surface area contributed by atoms with E-state index < -0.39 is 0 Å². The summed E-state index contributed by atoms with van der Waals surface area (Å²) in [5.41, 5.74) is 6.01. The molecule has 2 rings (SSSR count). The number of nitrogens with zero attached hydrogens (tertiary/aromatic N) is 3. The molecule has 2 saturated heterocycles. The Balaban J connectivity index is 1.59. The largest absolute Gasteiger partial charge is 0.370 e. The number of guanidine groups is 1. The van der Waals surface area contributed by atoms with Crippen LogP contribution in [0.15, 0.2) is 4.99 Å². The molecule has 0 saturated carbocycles. The average Bonchev–Trinajstić information content (AvgIpc) is 2.96. The molecule has 2 heterocycles. The van der Waals surface area contributed by atoms with Crippen molar-refractivity contribution in [2.75, 3.05) is 45.8 Å². The maximum Gasteiger partial charge on any atom is 0.188 e. The topological polar surface area (TPSA) is 56.9 Å². The molecule has 0 spiro atoms. The number of nitrogens with one attached hydrogen (secondary N) is 1. The lowest BCUT2D eigenvalue weighted by atomic mass is 9.92. The molecule has 0 aromatic heterocycles. The van der Waals surface area contributed by atoms with E-state index in [1.807, 2.05) is 0 Å². The molecule has 2 aliphatic heterocycles. The van der Waals surface area contributed by atoms with Gasteiger partial charge in [0.05, 0.1) is 6.54 Å². The minimum Gasteiger partial charge on any atom is -0.370 e. The summed E-state index contributed by atoms with van der Waals surface area (Å²) in [5.74, 6) is 2.30. The van der Waals surface area contributed by atoms with Gasteiger partial charge in [0.25, 0.3) is 0 Å². The summed E-state index contributed by atoms with van der Waals surface area (Å²) < 4.78 is 0. The van der Waals surface area contributed by atoms with Gasteiger partial charge in [-0.15, -0.1) is 0 Å². The molecule has 3 N–H and O–H groups in total. The predicted molar refractivity (Wildman–Crippen MR) is 98.8 cm³/mol. The molecule has 134 valence electrons. The number of aliphatic imine (C=N–C) groups is 1. The maximum absolute atomic E-state index is 6.01. The third kappa shape index (κ3) is 6.30. The summed E-state index contributed by atoms with van der Waals surface area (Å²) >= 11 is 0. The van der Waals surface area contributed by atoms with Crippen LogP contribution >= 0.6 is 0 Å². The van der Waals surface area contributed by atoms with Crippen molar-refractivity contribution in [1.29, 1.82) is 0 Å². The lowest BCUT2D eigenvalue weighted by Gasteiger charge is -2.34. The minimum atomic E-state index is 0.594. The van der Waals surface area contributed by atoms with Crippen LogP contribution < -0.4 is 11.1 Å². The van der Waals surface area contributed by atoms with Gasteiger partial charge in [0, 0.05) is 25.7 Å². The lowest BCUT2D eigenvalue weighted by Crippen LogP contribution is -2.41. The van der Waals surface area contributed by atoms with E-state index in [-0.39, 0.29) is 0 Å². The SMILES string of the molecule is CCN1CCCC1CN=C(N)NCCCN1CC(C)CC(C)C1. The Labute approximate surface area is 142 Å². The van der Waals surface area contributed by atoms with E-state index in [9.17, 15) is 0 Å². The quantitative estimate of drug-likeness (QED) is 0.426. The van der Waals surface area contributed by atoms with Gasteiger partial charge in [-0.2, -0.15) is 0 Å². The highest BCUT2D eigenvalue weighted by Gasteiger charge is 2.22. The molecule has 0 amide bonds. The fraction of sp³-hybridized carbons (Fsp3) is 0.944. The Morgan fingerprint density at radius 2 is 2.00 bits per heavy atom. The average molecular weight is 324 g/mol. The van der Waals surface area contributed by atoms with Crippen LogP contribution in [0.2, 0.25) is 0 Å². The van der Waals surface area contributed by atoms with Crippen LogP contribution in [0.3, 0.4) is 0 Å². The molecule has 3 unspecified atom stereocenters. The summed E-state index contributed by atoms with van der Waals surface area (Å²) in [6, 6.07) is 0.594. The molecule has 23 heavy (non-hydrogen) atoms. The normalized spacial score (nSPS) is 30.7. The Hall–Kier alpha value is -0.810. The first-order valence-electron chi connectivity index (χ1n) is 9.58. The zero-order valence-electron chi connectivity index (χ0n) is 15.4. The highest BCUT2D eigenvalue weighted by atomic mass is 15.2. The van der Waals surface area contributed by atoms with Crippen molar-refractivity contribution in [3.63, 3.8) is 0 Å².